The minimum Gasteiger partial charge on any atom is -0.322 e. The summed E-state index contributed by atoms with van der Waals surface area (Å²) in [5.41, 5.74) is 4.55. The van der Waals surface area contributed by atoms with Gasteiger partial charge in [0.05, 0.1) is 17.0 Å². The van der Waals surface area contributed by atoms with Gasteiger partial charge in [0.1, 0.15) is 5.52 Å². The molecule has 35 heavy (non-hydrogen) atoms. The van der Waals surface area contributed by atoms with Crippen molar-refractivity contribution in [2.75, 3.05) is 18.4 Å². The molecule has 0 aliphatic carbocycles. The lowest BCUT2D eigenvalue weighted by atomic mass is 10.1. The topological polar surface area (TPSA) is 97.2 Å². The maximum absolute atomic E-state index is 13.1. The van der Waals surface area contributed by atoms with E-state index in [0.717, 1.165) is 41.4 Å². The first-order valence-corrected chi connectivity index (χ1v) is 13.2. The Labute approximate surface area is 204 Å². The highest BCUT2D eigenvalue weighted by Gasteiger charge is 2.26. The van der Waals surface area contributed by atoms with Gasteiger partial charge in [0.2, 0.25) is 10.0 Å². The van der Waals surface area contributed by atoms with Gasteiger partial charge in [-0.05, 0) is 67.3 Å². The number of fused-ring (bicyclic) bond motifs is 1. The van der Waals surface area contributed by atoms with E-state index in [9.17, 15) is 13.2 Å². The van der Waals surface area contributed by atoms with Crippen LogP contribution in [-0.4, -0.2) is 46.7 Å². The van der Waals surface area contributed by atoms with Crippen molar-refractivity contribution in [3.8, 4) is 0 Å². The van der Waals surface area contributed by atoms with E-state index in [0.29, 0.717) is 30.9 Å². The van der Waals surface area contributed by atoms with E-state index in [-0.39, 0.29) is 10.8 Å². The van der Waals surface area contributed by atoms with Gasteiger partial charge in [0, 0.05) is 24.3 Å². The van der Waals surface area contributed by atoms with Crippen molar-refractivity contribution in [3.63, 3.8) is 0 Å². The predicted octanol–water partition coefficient (Wildman–Crippen LogP) is 4.21. The number of nitrogens with zero attached hydrogens (tertiary/aromatic N) is 4. The molecule has 1 aromatic heterocycles. The Morgan fingerprint density at radius 2 is 1.71 bits per heavy atom. The van der Waals surface area contributed by atoms with Crippen molar-refractivity contribution < 1.29 is 13.2 Å². The average Bonchev–Trinajstić information content (AvgIpc) is 3.29. The number of carbonyl (C=O) groups is 1. The van der Waals surface area contributed by atoms with Crippen LogP contribution in [0.5, 0.6) is 0 Å². The zero-order valence-electron chi connectivity index (χ0n) is 19.5. The molecule has 3 aromatic carbocycles. The number of para-hydroxylation sites is 1. The monoisotopic (exact) mass is 489 g/mol. The summed E-state index contributed by atoms with van der Waals surface area (Å²) < 4.78 is 29.5. The zero-order chi connectivity index (χ0) is 24.4. The highest BCUT2D eigenvalue weighted by molar-refractivity contribution is 7.89. The molecule has 0 bridgehead atoms. The first kappa shape index (κ1) is 23.2. The summed E-state index contributed by atoms with van der Waals surface area (Å²) in [6.07, 6.45) is 2.80. The van der Waals surface area contributed by atoms with Gasteiger partial charge < -0.3 is 5.32 Å². The molecule has 0 atom stereocenters. The summed E-state index contributed by atoms with van der Waals surface area (Å²) in [6.45, 7) is 3.46. The fraction of sp³-hybridized carbons (Fsp3) is 0.269. The van der Waals surface area contributed by atoms with Crippen LogP contribution in [0.2, 0.25) is 0 Å². The predicted molar refractivity (Wildman–Crippen MR) is 135 cm³/mol. The Hall–Kier alpha value is -3.56. The second kappa shape index (κ2) is 9.59. The molecule has 1 amide bonds. The average molecular weight is 490 g/mol. The van der Waals surface area contributed by atoms with Gasteiger partial charge in [0.25, 0.3) is 5.91 Å². The molecular weight excluding hydrogens is 462 g/mol. The van der Waals surface area contributed by atoms with E-state index in [2.05, 4.69) is 15.6 Å². The first-order valence-electron chi connectivity index (χ1n) is 11.7. The molecule has 1 aliphatic rings. The molecule has 0 unspecified atom stereocenters. The largest absolute Gasteiger partial charge is 0.322 e. The number of nitrogens with one attached hydrogen (secondary N) is 1. The normalized spacial score (nSPS) is 14.8. The highest BCUT2D eigenvalue weighted by Crippen LogP contribution is 2.25. The minimum absolute atomic E-state index is 0.204. The van der Waals surface area contributed by atoms with Gasteiger partial charge >= 0.3 is 0 Å². The highest BCUT2D eigenvalue weighted by atomic mass is 32.2. The molecule has 180 valence electrons. The van der Waals surface area contributed by atoms with E-state index in [1.54, 1.807) is 30.3 Å². The van der Waals surface area contributed by atoms with Crippen LogP contribution >= 0.6 is 0 Å². The summed E-state index contributed by atoms with van der Waals surface area (Å²) in [7, 11) is -3.58. The number of aromatic nitrogens is 3. The standard InChI is InChI=1S/C26H27N5O3S/c1-19-9-14-22(35(33,34)30-15-5-2-6-16-30)17-24(19)27-26(32)21-12-10-20(11-13-21)18-31-25-8-4-3-7-23(25)28-29-31/h3-4,7-14,17H,2,5-6,15-16,18H2,1H3,(H,27,32). The van der Waals surface area contributed by atoms with Gasteiger partial charge in [0.15, 0.2) is 0 Å². The molecule has 4 aromatic rings. The number of aryl methyl sites for hydroxylation is 1. The smallest absolute Gasteiger partial charge is 0.255 e. The molecule has 1 saturated heterocycles. The van der Waals surface area contributed by atoms with Gasteiger partial charge in [-0.3, -0.25) is 4.79 Å². The number of benzene rings is 3. The quantitative estimate of drug-likeness (QED) is 0.438. The van der Waals surface area contributed by atoms with Gasteiger partial charge in [-0.25, -0.2) is 13.1 Å². The molecule has 2 heterocycles. The van der Waals surface area contributed by atoms with Crippen molar-refractivity contribution in [2.45, 2.75) is 37.6 Å². The Balaban J connectivity index is 1.31. The lowest BCUT2D eigenvalue weighted by Crippen LogP contribution is -2.35. The molecule has 1 aliphatic heterocycles. The lowest BCUT2D eigenvalue weighted by Gasteiger charge is -2.26. The first-order chi connectivity index (χ1) is 16.9. The van der Waals surface area contributed by atoms with Gasteiger partial charge in [-0.15, -0.1) is 5.10 Å². The van der Waals surface area contributed by atoms with E-state index >= 15 is 0 Å². The maximum atomic E-state index is 13.1. The van der Waals surface area contributed by atoms with Crippen molar-refractivity contribution in [3.05, 3.63) is 83.4 Å². The van der Waals surface area contributed by atoms with Crippen LogP contribution in [0.15, 0.2) is 71.6 Å². The SMILES string of the molecule is Cc1ccc(S(=O)(=O)N2CCCCC2)cc1NC(=O)c1ccc(Cn2nnc3ccccc32)cc1. The summed E-state index contributed by atoms with van der Waals surface area (Å²) in [6, 6.07) is 19.9. The Bertz CT molecular complexity index is 1470. The van der Waals surface area contributed by atoms with Crippen LogP contribution in [0.25, 0.3) is 11.0 Å². The molecule has 8 nitrogen and oxygen atoms in total. The van der Waals surface area contributed by atoms with Gasteiger partial charge in [-0.2, -0.15) is 4.31 Å². The molecule has 0 spiro atoms. The zero-order valence-corrected chi connectivity index (χ0v) is 20.3. The molecule has 9 heteroatoms. The molecule has 0 radical (unpaired) electrons. The summed E-state index contributed by atoms with van der Waals surface area (Å²) in [5, 5.41) is 11.3. The van der Waals surface area contributed by atoms with E-state index in [1.165, 1.54) is 4.31 Å². The van der Waals surface area contributed by atoms with Crippen LogP contribution in [-0.2, 0) is 16.6 Å². The van der Waals surface area contributed by atoms with Crippen molar-refractivity contribution in [1.82, 2.24) is 19.3 Å². The number of piperidine rings is 1. The number of hydrogen-bond acceptors (Lipinski definition) is 5. The van der Waals surface area contributed by atoms with Crippen molar-refractivity contribution >= 4 is 32.7 Å². The summed E-state index contributed by atoms with van der Waals surface area (Å²) in [4.78, 5) is 13.1. The van der Waals surface area contributed by atoms with E-state index in [4.69, 9.17) is 0 Å². The Morgan fingerprint density at radius 3 is 2.49 bits per heavy atom. The molecule has 1 fully saturated rings. The Morgan fingerprint density at radius 1 is 0.971 bits per heavy atom. The molecule has 1 N–H and O–H groups in total. The molecule has 0 saturated carbocycles. The van der Waals surface area contributed by atoms with Crippen LogP contribution in [0, 0.1) is 6.92 Å². The maximum Gasteiger partial charge on any atom is 0.255 e. The minimum atomic E-state index is -3.58. The third kappa shape index (κ3) is 4.82. The third-order valence-electron chi connectivity index (χ3n) is 6.38. The van der Waals surface area contributed by atoms with E-state index < -0.39 is 10.0 Å². The number of sulfonamides is 1. The fourth-order valence-corrected chi connectivity index (χ4v) is 5.86. The van der Waals surface area contributed by atoms with Crippen LogP contribution in [0.4, 0.5) is 5.69 Å². The number of rotatable bonds is 6. The number of anilines is 1. The summed E-state index contributed by atoms with van der Waals surface area (Å²) in [5.74, 6) is -0.293. The number of carbonyl (C=O) groups excluding carboxylic acids is 1. The lowest BCUT2D eigenvalue weighted by molar-refractivity contribution is 0.102. The summed E-state index contributed by atoms with van der Waals surface area (Å²) >= 11 is 0. The van der Waals surface area contributed by atoms with Crippen LogP contribution in [0.1, 0.15) is 40.7 Å². The van der Waals surface area contributed by atoms with Crippen LogP contribution in [0.3, 0.4) is 0 Å². The van der Waals surface area contributed by atoms with Crippen molar-refractivity contribution in [1.29, 1.82) is 0 Å². The van der Waals surface area contributed by atoms with Crippen LogP contribution < -0.4 is 5.32 Å². The van der Waals surface area contributed by atoms with Gasteiger partial charge in [-0.1, -0.05) is 42.0 Å². The second-order valence-corrected chi connectivity index (χ2v) is 10.8. The molecule has 5 rings (SSSR count). The Kier molecular flexibility index (Phi) is 6.36. The number of hydrogen-bond donors (Lipinski definition) is 1. The van der Waals surface area contributed by atoms with E-state index in [1.807, 2.05) is 48.0 Å². The number of amides is 1. The van der Waals surface area contributed by atoms with Crippen molar-refractivity contribution in [2.24, 2.45) is 0 Å². The second-order valence-electron chi connectivity index (χ2n) is 8.83. The molecular formula is C26H27N5O3S. The fourth-order valence-electron chi connectivity index (χ4n) is 4.31. The third-order valence-corrected chi connectivity index (χ3v) is 8.27.